The molecule has 0 aromatic heterocycles. The van der Waals surface area contributed by atoms with Gasteiger partial charge < -0.3 is 15.3 Å². The molecule has 1 aliphatic heterocycles. The SMILES string of the molecule is Cc1ccc2c(c1)NC(NO)[C@H](C)O2. The molecular formula is C10H14N2O2. The minimum Gasteiger partial charge on any atom is -0.485 e. The predicted molar refractivity (Wildman–Crippen MR) is 53.6 cm³/mol. The first-order valence-corrected chi connectivity index (χ1v) is 4.64. The van der Waals surface area contributed by atoms with E-state index in [0.29, 0.717) is 0 Å². The van der Waals surface area contributed by atoms with E-state index in [-0.39, 0.29) is 12.3 Å². The van der Waals surface area contributed by atoms with E-state index in [0.717, 1.165) is 17.0 Å². The van der Waals surface area contributed by atoms with Crippen LogP contribution in [0.3, 0.4) is 0 Å². The number of fused-ring (bicyclic) bond motifs is 1. The number of hydrogen-bond donors (Lipinski definition) is 3. The maximum atomic E-state index is 8.86. The fourth-order valence-electron chi connectivity index (χ4n) is 1.55. The molecule has 1 aromatic carbocycles. The van der Waals surface area contributed by atoms with Crippen LogP contribution >= 0.6 is 0 Å². The molecule has 0 bridgehead atoms. The molecule has 3 N–H and O–H groups in total. The van der Waals surface area contributed by atoms with Crippen LogP contribution in [0.2, 0.25) is 0 Å². The summed E-state index contributed by atoms with van der Waals surface area (Å²) in [7, 11) is 0. The van der Waals surface area contributed by atoms with E-state index in [4.69, 9.17) is 9.94 Å². The van der Waals surface area contributed by atoms with Crippen molar-refractivity contribution in [2.24, 2.45) is 0 Å². The molecule has 1 aromatic rings. The molecule has 0 aliphatic carbocycles. The first-order valence-electron chi connectivity index (χ1n) is 4.64. The molecule has 0 fully saturated rings. The van der Waals surface area contributed by atoms with E-state index in [1.807, 2.05) is 32.0 Å². The van der Waals surface area contributed by atoms with E-state index in [9.17, 15) is 0 Å². The van der Waals surface area contributed by atoms with Gasteiger partial charge in [-0.3, -0.25) is 0 Å². The minimum absolute atomic E-state index is 0.102. The van der Waals surface area contributed by atoms with Crippen LogP contribution in [0.25, 0.3) is 0 Å². The normalized spacial score (nSPS) is 24.8. The monoisotopic (exact) mass is 194 g/mol. The Morgan fingerprint density at radius 3 is 3.00 bits per heavy atom. The van der Waals surface area contributed by atoms with Crippen molar-refractivity contribution in [1.29, 1.82) is 0 Å². The van der Waals surface area contributed by atoms with E-state index >= 15 is 0 Å². The standard InChI is InChI=1S/C10H14N2O2/c1-6-3-4-9-8(5-6)11-10(12-13)7(2)14-9/h3-5,7,10-13H,1-2H3/t7-,10?/m0/s1. The molecule has 0 radical (unpaired) electrons. The minimum atomic E-state index is -0.260. The average molecular weight is 194 g/mol. The van der Waals surface area contributed by atoms with E-state index in [2.05, 4.69) is 10.8 Å². The summed E-state index contributed by atoms with van der Waals surface area (Å²) in [5.41, 5.74) is 4.25. The Bertz CT molecular complexity index is 341. The summed E-state index contributed by atoms with van der Waals surface area (Å²) in [6, 6.07) is 5.92. The number of anilines is 1. The third-order valence-corrected chi connectivity index (χ3v) is 2.37. The van der Waals surface area contributed by atoms with Gasteiger partial charge in [-0.1, -0.05) is 6.07 Å². The molecule has 0 saturated carbocycles. The van der Waals surface area contributed by atoms with Crippen LogP contribution in [0.4, 0.5) is 5.69 Å². The molecule has 4 nitrogen and oxygen atoms in total. The molecule has 4 heteroatoms. The van der Waals surface area contributed by atoms with E-state index < -0.39 is 0 Å². The number of aryl methyl sites for hydroxylation is 1. The zero-order chi connectivity index (χ0) is 10.1. The maximum Gasteiger partial charge on any atom is 0.143 e. The fourth-order valence-corrected chi connectivity index (χ4v) is 1.55. The Morgan fingerprint density at radius 1 is 1.50 bits per heavy atom. The third-order valence-electron chi connectivity index (χ3n) is 2.37. The predicted octanol–water partition coefficient (Wildman–Crippen LogP) is 1.49. The van der Waals surface area contributed by atoms with Crippen molar-refractivity contribution in [3.63, 3.8) is 0 Å². The van der Waals surface area contributed by atoms with Gasteiger partial charge in [-0.25, -0.2) is 0 Å². The molecule has 0 spiro atoms. The first-order chi connectivity index (χ1) is 6.70. The van der Waals surface area contributed by atoms with Crippen molar-refractivity contribution >= 4 is 5.69 Å². The van der Waals surface area contributed by atoms with Crippen molar-refractivity contribution in [1.82, 2.24) is 5.48 Å². The van der Waals surface area contributed by atoms with Gasteiger partial charge in [0.15, 0.2) is 0 Å². The zero-order valence-corrected chi connectivity index (χ0v) is 8.24. The van der Waals surface area contributed by atoms with Gasteiger partial charge >= 0.3 is 0 Å². The summed E-state index contributed by atoms with van der Waals surface area (Å²) in [4.78, 5) is 0. The Hall–Kier alpha value is -1.26. The molecule has 1 aliphatic rings. The highest BCUT2D eigenvalue weighted by atomic mass is 16.5. The zero-order valence-electron chi connectivity index (χ0n) is 8.24. The number of hydrogen-bond acceptors (Lipinski definition) is 4. The van der Waals surface area contributed by atoms with E-state index in [1.165, 1.54) is 0 Å². The second-order valence-corrected chi connectivity index (χ2v) is 3.57. The molecule has 2 atom stereocenters. The van der Waals surface area contributed by atoms with Crippen LogP contribution in [-0.2, 0) is 0 Å². The van der Waals surface area contributed by atoms with Crippen LogP contribution in [0.1, 0.15) is 12.5 Å². The molecule has 0 amide bonds. The summed E-state index contributed by atoms with van der Waals surface area (Å²) in [6.07, 6.45) is -0.362. The van der Waals surface area contributed by atoms with Crippen molar-refractivity contribution in [2.75, 3.05) is 5.32 Å². The van der Waals surface area contributed by atoms with Gasteiger partial charge in [0.05, 0.1) is 5.69 Å². The van der Waals surface area contributed by atoms with Crippen molar-refractivity contribution in [3.8, 4) is 5.75 Å². The Kier molecular flexibility index (Phi) is 2.31. The first kappa shape index (κ1) is 9.30. The Labute approximate surface area is 82.8 Å². The number of rotatable bonds is 1. The van der Waals surface area contributed by atoms with Gasteiger partial charge in [0.1, 0.15) is 18.0 Å². The van der Waals surface area contributed by atoms with Crippen molar-refractivity contribution in [2.45, 2.75) is 26.1 Å². The van der Waals surface area contributed by atoms with Gasteiger partial charge in [0.2, 0.25) is 0 Å². The van der Waals surface area contributed by atoms with Crippen molar-refractivity contribution in [3.05, 3.63) is 23.8 Å². The maximum absolute atomic E-state index is 8.86. The molecule has 1 heterocycles. The van der Waals surface area contributed by atoms with Crippen LogP contribution in [0, 0.1) is 6.92 Å². The highest BCUT2D eigenvalue weighted by molar-refractivity contribution is 5.60. The second kappa shape index (κ2) is 3.48. The smallest absolute Gasteiger partial charge is 0.143 e. The van der Waals surface area contributed by atoms with Gasteiger partial charge in [-0.2, -0.15) is 5.48 Å². The number of benzene rings is 1. The van der Waals surface area contributed by atoms with E-state index in [1.54, 1.807) is 0 Å². The molecule has 2 rings (SSSR count). The van der Waals surface area contributed by atoms with Gasteiger partial charge in [0, 0.05) is 0 Å². The molecule has 14 heavy (non-hydrogen) atoms. The molecule has 76 valence electrons. The van der Waals surface area contributed by atoms with Gasteiger partial charge in [0.25, 0.3) is 0 Å². The van der Waals surface area contributed by atoms with Crippen LogP contribution in [0.15, 0.2) is 18.2 Å². The average Bonchev–Trinajstić information content (AvgIpc) is 2.17. The molecular weight excluding hydrogens is 180 g/mol. The highest BCUT2D eigenvalue weighted by Gasteiger charge is 2.24. The lowest BCUT2D eigenvalue weighted by Gasteiger charge is -2.32. The lowest BCUT2D eigenvalue weighted by atomic mass is 10.1. The summed E-state index contributed by atoms with van der Waals surface area (Å²) in [6.45, 7) is 3.91. The van der Waals surface area contributed by atoms with Crippen LogP contribution in [0.5, 0.6) is 5.75 Å². The summed E-state index contributed by atoms with van der Waals surface area (Å²) < 4.78 is 5.61. The van der Waals surface area contributed by atoms with Crippen LogP contribution in [-0.4, -0.2) is 17.5 Å². The van der Waals surface area contributed by atoms with Gasteiger partial charge in [-0.05, 0) is 31.5 Å². The number of hydroxylamine groups is 1. The Balaban J connectivity index is 2.31. The Morgan fingerprint density at radius 2 is 2.29 bits per heavy atom. The number of ether oxygens (including phenoxy) is 1. The third kappa shape index (κ3) is 1.54. The van der Waals surface area contributed by atoms with Crippen LogP contribution < -0.4 is 15.5 Å². The summed E-state index contributed by atoms with van der Waals surface area (Å²) in [5.74, 6) is 0.828. The largest absolute Gasteiger partial charge is 0.485 e. The van der Waals surface area contributed by atoms with Crippen molar-refractivity contribution < 1.29 is 9.94 Å². The summed E-state index contributed by atoms with van der Waals surface area (Å²) >= 11 is 0. The molecule has 0 saturated heterocycles. The highest BCUT2D eigenvalue weighted by Crippen LogP contribution is 2.31. The van der Waals surface area contributed by atoms with Gasteiger partial charge in [-0.15, -0.1) is 0 Å². The summed E-state index contributed by atoms with van der Waals surface area (Å²) in [5, 5.41) is 12.0. The lowest BCUT2D eigenvalue weighted by Crippen LogP contribution is -2.48. The fraction of sp³-hybridized carbons (Fsp3) is 0.400. The number of nitrogens with one attached hydrogen (secondary N) is 2. The quantitative estimate of drug-likeness (QED) is 0.593. The lowest BCUT2D eigenvalue weighted by molar-refractivity contribution is 0.0662. The topological polar surface area (TPSA) is 53.5 Å². The second-order valence-electron chi connectivity index (χ2n) is 3.57. The molecule has 1 unspecified atom stereocenters.